The smallest absolute Gasteiger partial charge is 0.362 e. The van der Waals surface area contributed by atoms with E-state index in [4.69, 9.17) is 0 Å². The van der Waals surface area contributed by atoms with Crippen molar-refractivity contribution in [1.82, 2.24) is 4.98 Å². The van der Waals surface area contributed by atoms with Crippen molar-refractivity contribution < 1.29 is 35.1 Å². The zero-order chi connectivity index (χ0) is 20.1. The normalized spacial score (nSPS) is 22.4. The van der Waals surface area contributed by atoms with Crippen LogP contribution in [0.4, 0.5) is 40.8 Å². The SMILES string of the molecule is O=c1cc(C(F)(F)F)c2cc(N3CC(F)C[C@@H]3[C@H](F)C(F)(F)F)ccc2[nH]1. The topological polar surface area (TPSA) is 36.1 Å². The number of pyridine rings is 1. The lowest BCUT2D eigenvalue weighted by Crippen LogP contribution is -2.44. The number of H-pyrrole nitrogens is 1. The molecule has 1 aliphatic rings. The van der Waals surface area contributed by atoms with Crippen LogP contribution in [0.25, 0.3) is 10.9 Å². The molecule has 148 valence electrons. The van der Waals surface area contributed by atoms with Gasteiger partial charge in [0, 0.05) is 35.6 Å². The summed E-state index contributed by atoms with van der Waals surface area (Å²) >= 11 is 0. The van der Waals surface area contributed by atoms with Crippen LogP contribution >= 0.6 is 0 Å². The molecule has 1 aliphatic heterocycles. The second-order valence-electron chi connectivity index (χ2n) is 6.27. The van der Waals surface area contributed by atoms with Gasteiger partial charge in [-0.2, -0.15) is 26.3 Å². The highest BCUT2D eigenvalue weighted by Gasteiger charge is 2.51. The second kappa shape index (κ2) is 6.38. The average Bonchev–Trinajstić information content (AvgIpc) is 2.92. The Bertz CT molecular complexity index is 904. The molecule has 1 unspecified atom stereocenters. The van der Waals surface area contributed by atoms with Gasteiger partial charge >= 0.3 is 12.4 Å². The van der Waals surface area contributed by atoms with Crippen molar-refractivity contribution in [3.05, 3.63) is 40.2 Å². The van der Waals surface area contributed by atoms with E-state index in [0.717, 1.165) is 23.1 Å². The largest absolute Gasteiger partial charge is 0.421 e. The van der Waals surface area contributed by atoms with Crippen molar-refractivity contribution in [3.8, 4) is 0 Å². The van der Waals surface area contributed by atoms with E-state index in [-0.39, 0.29) is 11.2 Å². The van der Waals surface area contributed by atoms with Crippen LogP contribution in [-0.4, -0.2) is 36.1 Å². The minimum atomic E-state index is -5.23. The number of nitrogens with zero attached hydrogens (tertiary/aromatic N) is 1. The monoisotopic (exact) mass is 400 g/mol. The number of aromatic nitrogens is 1. The molecule has 1 aromatic carbocycles. The third kappa shape index (κ3) is 3.72. The van der Waals surface area contributed by atoms with Gasteiger partial charge in [0.25, 0.3) is 0 Å². The van der Waals surface area contributed by atoms with Crippen LogP contribution in [0.15, 0.2) is 29.1 Å². The number of rotatable bonds is 2. The number of nitrogens with one attached hydrogen (secondary N) is 1. The number of hydrogen-bond donors (Lipinski definition) is 1. The lowest BCUT2D eigenvalue weighted by atomic mass is 10.1. The summed E-state index contributed by atoms with van der Waals surface area (Å²) in [6.45, 7) is -0.586. The quantitative estimate of drug-likeness (QED) is 0.761. The van der Waals surface area contributed by atoms with Gasteiger partial charge in [0.15, 0.2) is 0 Å². The Morgan fingerprint density at radius 3 is 2.37 bits per heavy atom. The highest BCUT2D eigenvalue weighted by molar-refractivity contribution is 5.86. The summed E-state index contributed by atoms with van der Waals surface area (Å²) in [6.07, 6.45) is -16.0. The molecule has 0 saturated carbocycles. The van der Waals surface area contributed by atoms with Gasteiger partial charge in [0.2, 0.25) is 11.7 Å². The molecule has 0 amide bonds. The molecule has 1 N–H and O–H groups in total. The standard InChI is InChI=1S/C16H12F8N2O/c17-7-3-12(14(18)16(22,23)24)26(6-7)8-1-2-11-9(4-8)10(15(19,20)21)5-13(27)25-11/h1-2,4-5,7,12,14H,3,6H2,(H,25,27)/t7?,12-,14+/m1/s1. The number of hydrogen-bond acceptors (Lipinski definition) is 2. The summed E-state index contributed by atoms with van der Waals surface area (Å²) < 4.78 is 105. The highest BCUT2D eigenvalue weighted by Crippen LogP contribution is 2.39. The fraction of sp³-hybridized carbons (Fsp3) is 0.438. The third-order valence-electron chi connectivity index (χ3n) is 4.41. The van der Waals surface area contributed by atoms with E-state index in [2.05, 4.69) is 4.98 Å². The molecule has 3 rings (SSSR count). The number of aromatic amines is 1. The van der Waals surface area contributed by atoms with Gasteiger partial charge in [0.05, 0.1) is 11.6 Å². The van der Waals surface area contributed by atoms with Gasteiger partial charge in [-0.3, -0.25) is 4.79 Å². The molecule has 3 nitrogen and oxygen atoms in total. The Hall–Kier alpha value is -2.33. The lowest BCUT2D eigenvalue weighted by Gasteiger charge is -2.30. The van der Waals surface area contributed by atoms with Crippen LogP contribution in [0, 0.1) is 0 Å². The first-order valence-electron chi connectivity index (χ1n) is 7.73. The van der Waals surface area contributed by atoms with Crippen molar-refractivity contribution in [1.29, 1.82) is 0 Å². The fourth-order valence-corrected chi connectivity index (χ4v) is 3.26. The van der Waals surface area contributed by atoms with Gasteiger partial charge in [-0.25, -0.2) is 8.78 Å². The number of benzene rings is 1. The van der Waals surface area contributed by atoms with E-state index in [1.54, 1.807) is 0 Å². The summed E-state index contributed by atoms with van der Waals surface area (Å²) in [6, 6.07) is 1.48. The zero-order valence-electron chi connectivity index (χ0n) is 13.3. The first-order chi connectivity index (χ1) is 12.4. The minimum absolute atomic E-state index is 0.196. The molecule has 2 heterocycles. The number of anilines is 1. The van der Waals surface area contributed by atoms with Crippen LogP contribution in [0.2, 0.25) is 0 Å². The summed E-state index contributed by atoms with van der Waals surface area (Å²) in [5.41, 5.74) is -2.69. The van der Waals surface area contributed by atoms with E-state index in [9.17, 15) is 39.9 Å². The average molecular weight is 400 g/mol. The molecule has 1 aromatic heterocycles. The maximum Gasteiger partial charge on any atom is 0.421 e. The maximum absolute atomic E-state index is 13.8. The summed E-state index contributed by atoms with van der Waals surface area (Å²) in [5, 5.41) is -0.483. The van der Waals surface area contributed by atoms with E-state index < -0.39 is 60.2 Å². The second-order valence-corrected chi connectivity index (χ2v) is 6.27. The molecule has 0 aliphatic carbocycles. The molecule has 3 atom stereocenters. The predicted octanol–water partition coefficient (Wildman–Crippen LogP) is 4.36. The Morgan fingerprint density at radius 1 is 1.11 bits per heavy atom. The Balaban J connectivity index is 2.11. The number of alkyl halides is 8. The molecule has 0 radical (unpaired) electrons. The Morgan fingerprint density at radius 2 is 1.78 bits per heavy atom. The summed E-state index contributed by atoms with van der Waals surface area (Å²) in [7, 11) is 0. The first kappa shape index (κ1) is 19.4. The van der Waals surface area contributed by atoms with Gasteiger partial charge in [-0.15, -0.1) is 0 Å². The number of halogens is 8. The van der Waals surface area contributed by atoms with Crippen molar-refractivity contribution >= 4 is 16.6 Å². The highest BCUT2D eigenvalue weighted by atomic mass is 19.4. The van der Waals surface area contributed by atoms with Crippen molar-refractivity contribution in [3.63, 3.8) is 0 Å². The van der Waals surface area contributed by atoms with Gasteiger partial charge in [-0.05, 0) is 18.2 Å². The number of fused-ring (bicyclic) bond motifs is 1. The van der Waals surface area contributed by atoms with Gasteiger partial charge < -0.3 is 9.88 Å². The zero-order valence-corrected chi connectivity index (χ0v) is 13.3. The van der Waals surface area contributed by atoms with E-state index in [0.29, 0.717) is 6.07 Å². The fourth-order valence-electron chi connectivity index (χ4n) is 3.26. The summed E-state index contributed by atoms with van der Waals surface area (Å²) in [5.74, 6) is 0. The summed E-state index contributed by atoms with van der Waals surface area (Å²) in [4.78, 5) is 14.4. The minimum Gasteiger partial charge on any atom is -0.362 e. The van der Waals surface area contributed by atoms with Crippen LogP contribution in [0.3, 0.4) is 0 Å². The van der Waals surface area contributed by atoms with Crippen molar-refractivity contribution in [2.75, 3.05) is 11.4 Å². The molecule has 11 heteroatoms. The lowest BCUT2D eigenvalue weighted by molar-refractivity contribution is -0.185. The van der Waals surface area contributed by atoms with Crippen molar-refractivity contribution in [2.45, 2.75) is 37.2 Å². The molecule has 1 saturated heterocycles. The maximum atomic E-state index is 13.8. The molecular weight excluding hydrogens is 388 g/mol. The Labute approximate surface area is 146 Å². The first-order valence-corrected chi connectivity index (χ1v) is 7.73. The molecule has 1 fully saturated rings. The van der Waals surface area contributed by atoms with Crippen LogP contribution < -0.4 is 10.5 Å². The molecule has 0 bridgehead atoms. The molecule has 27 heavy (non-hydrogen) atoms. The van der Waals surface area contributed by atoms with E-state index in [1.807, 2.05) is 0 Å². The molecule has 2 aromatic rings. The van der Waals surface area contributed by atoms with Gasteiger partial charge in [-0.1, -0.05) is 0 Å². The van der Waals surface area contributed by atoms with E-state index in [1.165, 1.54) is 0 Å². The molecular formula is C16H12F8N2O. The van der Waals surface area contributed by atoms with E-state index >= 15 is 0 Å². The third-order valence-corrected chi connectivity index (χ3v) is 4.41. The van der Waals surface area contributed by atoms with Crippen LogP contribution in [-0.2, 0) is 6.18 Å². The Kier molecular flexibility index (Phi) is 4.59. The predicted molar refractivity (Wildman–Crippen MR) is 81.2 cm³/mol. The molecule has 0 spiro atoms. The van der Waals surface area contributed by atoms with Crippen LogP contribution in [0.1, 0.15) is 12.0 Å². The van der Waals surface area contributed by atoms with Gasteiger partial charge in [0.1, 0.15) is 6.17 Å². The van der Waals surface area contributed by atoms with Crippen molar-refractivity contribution in [2.24, 2.45) is 0 Å². The van der Waals surface area contributed by atoms with Crippen LogP contribution in [0.5, 0.6) is 0 Å².